The molecular weight excluding hydrogens is 494 g/mol. The van der Waals surface area contributed by atoms with Crippen molar-refractivity contribution in [3.63, 3.8) is 0 Å². The standard InChI is InChI=1S/C22H33N5O8S/c1-12(25(3)11-18-13(2)34-22(31)35-18)20(29)24-16-10-26(36(32,33)15-5-6-15)9-8-14-4-7-17(19(23)28)27(14)21(16)30/h12,14-17H,4-11H2,1-3H3,(H2,23,28)(H,24,29)/t12-,14+,16-,17-/m0/s1. The van der Waals surface area contributed by atoms with Gasteiger partial charge in [0.15, 0.2) is 5.76 Å². The molecule has 1 saturated carbocycles. The second kappa shape index (κ2) is 9.98. The molecule has 13 nitrogen and oxygen atoms in total. The molecule has 4 atom stereocenters. The van der Waals surface area contributed by atoms with Crippen molar-refractivity contribution >= 4 is 27.7 Å². The molecule has 4 rings (SSSR count). The fraction of sp³-hybridized carbons (Fsp3) is 0.727. The van der Waals surface area contributed by atoms with Crippen LogP contribution < -0.4 is 16.9 Å². The minimum Gasteiger partial charge on any atom is -0.396 e. The Labute approximate surface area is 209 Å². The molecule has 2 saturated heterocycles. The van der Waals surface area contributed by atoms with E-state index in [2.05, 4.69) is 5.32 Å². The highest BCUT2D eigenvalue weighted by molar-refractivity contribution is 7.90. The Balaban J connectivity index is 1.54. The van der Waals surface area contributed by atoms with Gasteiger partial charge in [0.25, 0.3) is 0 Å². The van der Waals surface area contributed by atoms with E-state index in [0.29, 0.717) is 37.9 Å². The lowest BCUT2D eigenvalue weighted by atomic mass is 10.1. The van der Waals surface area contributed by atoms with Crippen LogP contribution in [0.4, 0.5) is 0 Å². The van der Waals surface area contributed by atoms with Crippen LogP contribution in [0, 0.1) is 6.92 Å². The maximum absolute atomic E-state index is 13.6. The topological polar surface area (TPSA) is 176 Å². The number of sulfonamides is 1. The van der Waals surface area contributed by atoms with E-state index in [4.69, 9.17) is 14.6 Å². The molecule has 0 radical (unpaired) electrons. The fourth-order valence-corrected chi connectivity index (χ4v) is 6.79. The molecular formula is C22H33N5O8S. The van der Waals surface area contributed by atoms with Gasteiger partial charge in [-0.25, -0.2) is 13.2 Å². The van der Waals surface area contributed by atoms with Gasteiger partial charge in [-0.3, -0.25) is 19.3 Å². The van der Waals surface area contributed by atoms with Gasteiger partial charge in [-0.2, -0.15) is 4.31 Å². The predicted molar refractivity (Wildman–Crippen MR) is 126 cm³/mol. The van der Waals surface area contributed by atoms with Crippen LogP contribution >= 0.6 is 0 Å². The smallest absolute Gasteiger partial charge is 0.396 e. The van der Waals surface area contributed by atoms with Gasteiger partial charge in [0.05, 0.1) is 17.8 Å². The van der Waals surface area contributed by atoms with Crippen LogP contribution in [0.1, 0.15) is 50.5 Å². The second-order valence-corrected chi connectivity index (χ2v) is 12.1. The molecule has 2 aliphatic heterocycles. The zero-order chi connectivity index (χ0) is 26.4. The summed E-state index contributed by atoms with van der Waals surface area (Å²) < 4.78 is 37.3. The first kappa shape index (κ1) is 26.4. The molecule has 1 aromatic heterocycles. The number of hydrogen-bond acceptors (Lipinski definition) is 9. The summed E-state index contributed by atoms with van der Waals surface area (Å²) in [6, 6.07) is -3.07. The summed E-state index contributed by atoms with van der Waals surface area (Å²) in [6.45, 7) is 3.26. The minimum atomic E-state index is -3.60. The highest BCUT2D eigenvalue weighted by Crippen LogP contribution is 2.34. The lowest BCUT2D eigenvalue weighted by Crippen LogP contribution is -2.62. The molecule has 36 heavy (non-hydrogen) atoms. The van der Waals surface area contributed by atoms with Crippen LogP contribution in [0.5, 0.6) is 0 Å². The molecule has 200 valence electrons. The molecule has 0 aromatic carbocycles. The van der Waals surface area contributed by atoms with E-state index in [-0.39, 0.29) is 31.4 Å². The normalized spacial score (nSPS) is 26.4. The number of primary amides is 1. The monoisotopic (exact) mass is 527 g/mol. The number of nitrogens with one attached hydrogen (secondary N) is 1. The highest BCUT2D eigenvalue weighted by atomic mass is 32.2. The number of amides is 3. The first-order valence-electron chi connectivity index (χ1n) is 12.1. The Morgan fingerprint density at radius 2 is 1.86 bits per heavy atom. The molecule has 3 heterocycles. The first-order chi connectivity index (χ1) is 16.9. The predicted octanol–water partition coefficient (Wildman–Crippen LogP) is -1.11. The SMILES string of the molecule is Cc1oc(=O)oc1CN(C)[C@@H](C)C(=O)N[C@H]1CN(S(=O)(=O)C2CC2)CC[C@H]2CC[C@@H](C(N)=O)N2C1=O. The third kappa shape index (κ3) is 5.20. The van der Waals surface area contributed by atoms with Crippen molar-refractivity contribution in [2.24, 2.45) is 5.73 Å². The molecule has 1 aliphatic carbocycles. The van der Waals surface area contributed by atoms with Crippen molar-refractivity contribution in [2.75, 3.05) is 20.1 Å². The first-order valence-corrected chi connectivity index (χ1v) is 13.6. The average molecular weight is 528 g/mol. The molecule has 3 aliphatic rings. The molecule has 0 unspecified atom stereocenters. The summed E-state index contributed by atoms with van der Waals surface area (Å²) >= 11 is 0. The van der Waals surface area contributed by atoms with Crippen molar-refractivity contribution in [1.29, 1.82) is 0 Å². The molecule has 3 amide bonds. The number of nitrogens with two attached hydrogens (primary N) is 1. The van der Waals surface area contributed by atoms with E-state index < -0.39 is 56.9 Å². The van der Waals surface area contributed by atoms with E-state index in [0.717, 1.165) is 0 Å². The highest BCUT2D eigenvalue weighted by Gasteiger charge is 2.48. The number of hydrogen-bond donors (Lipinski definition) is 2. The lowest BCUT2D eigenvalue weighted by Gasteiger charge is -2.38. The number of carbonyl (C=O) groups is 3. The molecule has 14 heteroatoms. The lowest BCUT2D eigenvalue weighted by molar-refractivity contribution is -0.144. The summed E-state index contributed by atoms with van der Waals surface area (Å²) in [7, 11) is -1.96. The van der Waals surface area contributed by atoms with Crippen LogP contribution in [-0.2, 0) is 31.0 Å². The average Bonchev–Trinajstić information content (AvgIpc) is 3.51. The Kier molecular flexibility index (Phi) is 7.30. The van der Waals surface area contributed by atoms with Gasteiger partial charge in [0.2, 0.25) is 27.7 Å². The van der Waals surface area contributed by atoms with Gasteiger partial charge in [-0.15, -0.1) is 0 Å². The minimum absolute atomic E-state index is 0.102. The van der Waals surface area contributed by atoms with Crippen LogP contribution in [-0.4, -0.2) is 89.8 Å². The number of carbonyl (C=O) groups excluding carboxylic acids is 3. The molecule has 1 aromatic rings. The summed E-state index contributed by atoms with van der Waals surface area (Å²) in [6.07, 6.45) is 2.49. The van der Waals surface area contributed by atoms with Crippen LogP contribution in [0.15, 0.2) is 13.6 Å². The number of likely N-dealkylation sites (N-methyl/N-ethyl adjacent to an activating group) is 1. The van der Waals surface area contributed by atoms with Crippen molar-refractivity contribution < 1.29 is 31.6 Å². The van der Waals surface area contributed by atoms with Gasteiger partial charge in [0, 0.05) is 19.1 Å². The zero-order valence-electron chi connectivity index (χ0n) is 20.6. The van der Waals surface area contributed by atoms with Gasteiger partial charge in [0.1, 0.15) is 17.8 Å². The summed E-state index contributed by atoms with van der Waals surface area (Å²) in [4.78, 5) is 53.2. The number of fused-ring (bicyclic) bond motifs is 1. The molecule has 3 N–H and O–H groups in total. The van der Waals surface area contributed by atoms with Crippen LogP contribution in [0.2, 0.25) is 0 Å². The Morgan fingerprint density at radius 3 is 2.44 bits per heavy atom. The van der Waals surface area contributed by atoms with E-state index in [1.165, 1.54) is 9.21 Å². The van der Waals surface area contributed by atoms with Crippen molar-refractivity contribution in [3.05, 3.63) is 22.1 Å². The van der Waals surface area contributed by atoms with Crippen molar-refractivity contribution in [3.8, 4) is 0 Å². The van der Waals surface area contributed by atoms with E-state index in [9.17, 15) is 27.6 Å². The Hall–Kier alpha value is -2.71. The maximum atomic E-state index is 13.6. The molecule has 0 bridgehead atoms. The van der Waals surface area contributed by atoms with Gasteiger partial charge in [-0.1, -0.05) is 0 Å². The van der Waals surface area contributed by atoms with Crippen molar-refractivity contribution in [1.82, 2.24) is 19.4 Å². The molecule has 0 spiro atoms. The van der Waals surface area contributed by atoms with Crippen molar-refractivity contribution in [2.45, 2.75) is 81.9 Å². The number of aryl methyl sites for hydroxylation is 1. The van der Waals surface area contributed by atoms with Gasteiger partial charge < -0.3 is 24.8 Å². The molecule has 3 fully saturated rings. The van der Waals surface area contributed by atoms with Gasteiger partial charge >= 0.3 is 5.82 Å². The van der Waals surface area contributed by atoms with Crippen LogP contribution in [0.25, 0.3) is 0 Å². The third-order valence-electron chi connectivity index (χ3n) is 7.37. The van der Waals surface area contributed by atoms with E-state index in [1.54, 1.807) is 25.8 Å². The van der Waals surface area contributed by atoms with E-state index >= 15 is 0 Å². The number of rotatable bonds is 8. The van der Waals surface area contributed by atoms with E-state index in [1.807, 2.05) is 0 Å². The summed E-state index contributed by atoms with van der Waals surface area (Å²) in [5.74, 6) is -1.92. The zero-order valence-corrected chi connectivity index (χ0v) is 21.5. The third-order valence-corrected chi connectivity index (χ3v) is 9.74. The summed E-state index contributed by atoms with van der Waals surface area (Å²) in [5.41, 5.74) is 5.55. The second-order valence-electron chi connectivity index (χ2n) is 9.87. The maximum Gasteiger partial charge on any atom is 0.519 e. The Morgan fingerprint density at radius 1 is 1.17 bits per heavy atom. The van der Waals surface area contributed by atoms with Gasteiger partial charge in [-0.05, 0) is 53.0 Å². The quantitative estimate of drug-likeness (QED) is 0.424. The largest absolute Gasteiger partial charge is 0.519 e. The number of nitrogens with zero attached hydrogens (tertiary/aromatic N) is 3. The summed E-state index contributed by atoms with van der Waals surface area (Å²) in [5, 5.41) is 2.25. The van der Waals surface area contributed by atoms with Crippen LogP contribution in [0.3, 0.4) is 0 Å². The Bertz CT molecular complexity index is 1190. The fourth-order valence-electron chi connectivity index (χ4n) is 4.92.